The summed E-state index contributed by atoms with van der Waals surface area (Å²) in [5.41, 5.74) is 3.56. The van der Waals surface area contributed by atoms with Gasteiger partial charge in [0.05, 0.1) is 23.8 Å². The summed E-state index contributed by atoms with van der Waals surface area (Å²) in [6, 6.07) is 8.07. The number of hydrogen-bond donors (Lipinski definition) is 0. The van der Waals surface area contributed by atoms with Crippen molar-refractivity contribution in [3.05, 3.63) is 53.6 Å². The summed E-state index contributed by atoms with van der Waals surface area (Å²) in [5, 5.41) is 0. The molecule has 0 bridgehead atoms. The molecule has 0 atom stereocenters. The molecule has 2 aliphatic rings. The summed E-state index contributed by atoms with van der Waals surface area (Å²) in [6.07, 6.45) is 7.74. The summed E-state index contributed by atoms with van der Waals surface area (Å²) in [4.78, 5) is 20.6. The second-order valence-corrected chi connectivity index (χ2v) is 7.18. The normalized spacial score (nSPS) is 18.9. The lowest BCUT2D eigenvalue weighted by Gasteiger charge is -2.53. The van der Waals surface area contributed by atoms with Crippen LogP contribution in [-0.4, -0.2) is 45.9 Å². The van der Waals surface area contributed by atoms with Crippen LogP contribution < -0.4 is 0 Å². The number of amides is 1. The lowest BCUT2D eigenvalue weighted by molar-refractivity contribution is -0.0213. The van der Waals surface area contributed by atoms with Crippen molar-refractivity contribution in [3.8, 4) is 0 Å². The molecule has 0 N–H and O–H groups in total. The molecule has 1 amide bonds. The Morgan fingerprint density at radius 2 is 1.96 bits per heavy atom. The first-order chi connectivity index (χ1) is 11.6. The van der Waals surface area contributed by atoms with Crippen molar-refractivity contribution in [1.82, 2.24) is 19.4 Å². The van der Waals surface area contributed by atoms with E-state index in [0.29, 0.717) is 0 Å². The monoisotopic (exact) mass is 324 g/mol. The molecule has 24 heavy (non-hydrogen) atoms. The third-order valence-corrected chi connectivity index (χ3v) is 5.57. The number of aromatic nitrogens is 2. The third kappa shape index (κ3) is 2.35. The smallest absolute Gasteiger partial charge is 0.253 e. The Hall–Kier alpha value is -2.14. The van der Waals surface area contributed by atoms with Crippen molar-refractivity contribution in [3.63, 3.8) is 0 Å². The van der Waals surface area contributed by atoms with Crippen LogP contribution in [0.4, 0.5) is 0 Å². The Kier molecular flexibility index (Phi) is 3.68. The Balaban J connectivity index is 1.54. The molecule has 2 heterocycles. The quantitative estimate of drug-likeness (QED) is 0.871. The zero-order valence-corrected chi connectivity index (χ0v) is 14.4. The van der Waals surface area contributed by atoms with Gasteiger partial charge in [-0.2, -0.15) is 0 Å². The topological polar surface area (TPSA) is 41.4 Å². The second kappa shape index (κ2) is 5.74. The molecular weight excluding hydrogens is 300 g/mol. The van der Waals surface area contributed by atoms with Crippen LogP contribution in [0.3, 0.4) is 0 Å². The fourth-order valence-electron chi connectivity index (χ4n) is 4.04. The van der Waals surface area contributed by atoms with Gasteiger partial charge in [0.25, 0.3) is 5.91 Å². The van der Waals surface area contributed by atoms with Gasteiger partial charge in [0.15, 0.2) is 0 Å². The number of benzene rings is 1. The molecule has 0 radical (unpaired) electrons. The first-order valence-electron chi connectivity index (χ1n) is 8.66. The summed E-state index contributed by atoms with van der Waals surface area (Å²) < 4.78 is 2.31. The molecule has 1 aromatic carbocycles. The van der Waals surface area contributed by atoms with Crippen LogP contribution in [0.25, 0.3) is 0 Å². The van der Waals surface area contributed by atoms with E-state index in [1.807, 2.05) is 24.7 Å². The molecule has 1 fully saturated rings. The Morgan fingerprint density at radius 1 is 1.21 bits per heavy atom. The van der Waals surface area contributed by atoms with Crippen LogP contribution in [0.1, 0.15) is 40.9 Å². The molecule has 2 aromatic rings. The number of fused-ring (bicyclic) bond motifs is 2. The molecular formula is C19H24N4O. The van der Waals surface area contributed by atoms with Crippen LogP contribution in [0.15, 0.2) is 36.8 Å². The lowest BCUT2D eigenvalue weighted by Crippen LogP contribution is -2.55. The van der Waals surface area contributed by atoms with Gasteiger partial charge in [-0.1, -0.05) is 12.1 Å². The zero-order valence-electron chi connectivity index (χ0n) is 14.4. The van der Waals surface area contributed by atoms with Crippen molar-refractivity contribution < 1.29 is 4.79 Å². The number of rotatable bonds is 3. The molecule has 5 heteroatoms. The molecule has 1 saturated carbocycles. The van der Waals surface area contributed by atoms with E-state index < -0.39 is 0 Å². The molecule has 5 nitrogen and oxygen atoms in total. The highest BCUT2D eigenvalue weighted by molar-refractivity contribution is 5.93. The number of carbonyl (C=O) groups is 1. The van der Waals surface area contributed by atoms with Gasteiger partial charge in [-0.25, -0.2) is 4.98 Å². The van der Waals surface area contributed by atoms with E-state index in [9.17, 15) is 4.79 Å². The summed E-state index contributed by atoms with van der Waals surface area (Å²) in [5.74, 6) is 0.0545. The van der Waals surface area contributed by atoms with Crippen molar-refractivity contribution in [2.45, 2.75) is 37.9 Å². The Morgan fingerprint density at radius 3 is 2.58 bits per heavy atom. The minimum Gasteiger partial charge on any atom is -0.345 e. The number of carbonyl (C=O) groups excluding carboxylic acids is 1. The van der Waals surface area contributed by atoms with E-state index in [4.69, 9.17) is 0 Å². The summed E-state index contributed by atoms with van der Waals surface area (Å²) in [7, 11) is 3.57. The van der Waals surface area contributed by atoms with Crippen LogP contribution in [0.5, 0.6) is 0 Å². The maximum absolute atomic E-state index is 12.0. The first-order valence-corrected chi connectivity index (χ1v) is 8.66. The van der Waals surface area contributed by atoms with Gasteiger partial charge in [0.2, 0.25) is 0 Å². The van der Waals surface area contributed by atoms with Crippen LogP contribution >= 0.6 is 0 Å². The third-order valence-electron chi connectivity index (χ3n) is 5.57. The molecule has 0 unspecified atom stereocenters. The highest BCUT2D eigenvalue weighted by Gasteiger charge is 2.47. The predicted molar refractivity (Wildman–Crippen MR) is 92.6 cm³/mol. The van der Waals surface area contributed by atoms with Crippen molar-refractivity contribution in [2.75, 3.05) is 20.6 Å². The van der Waals surface area contributed by atoms with Crippen LogP contribution in [0, 0.1) is 0 Å². The molecule has 0 saturated heterocycles. The van der Waals surface area contributed by atoms with Gasteiger partial charge in [-0.05, 0) is 37.0 Å². The second-order valence-electron chi connectivity index (χ2n) is 7.18. The summed E-state index contributed by atoms with van der Waals surface area (Å²) in [6.45, 7) is 3.00. The van der Waals surface area contributed by atoms with Crippen LogP contribution in [-0.2, 0) is 18.6 Å². The van der Waals surface area contributed by atoms with Gasteiger partial charge < -0.3 is 9.47 Å². The summed E-state index contributed by atoms with van der Waals surface area (Å²) >= 11 is 0. The average molecular weight is 324 g/mol. The van der Waals surface area contributed by atoms with Gasteiger partial charge in [-0.15, -0.1) is 0 Å². The number of nitrogens with zero attached hydrogens (tertiary/aromatic N) is 4. The van der Waals surface area contributed by atoms with E-state index >= 15 is 0 Å². The fraction of sp³-hybridized carbons (Fsp3) is 0.474. The minimum atomic E-state index is 0.0545. The van der Waals surface area contributed by atoms with E-state index in [2.05, 4.69) is 26.6 Å². The van der Waals surface area contributed by atoms with E-state index in [1.165, 1.54) is 30.5 Å². The minimum absolute atomic E-state index is 0.0545. The maximum Gasteiger partial charge on any atom is 0.253 e. The first kappa shape index (κ1) is 15.4. The Bertz CT molecular complexity index is 743. The lowest BCUT2D eigenvalue weighted by atomic mass is 9.72. The molecule has 1 aromatic heterocycles. The fourth-order valence-corrected chi connectivity index (χ4v) is 4.04. The Labute approximate surface area is 142 Å². The van der Waals surface area contributed by atoms with E-state index in [-0.39, 0.29) is 11.4 Å². The molecule has 126 valence electrons. The molecule has 1 spiro atoms. The molecule has 4 rings (SSSR count). The molecule has 1 aliphatic heterocycles. The van der Waals surface area contributed by atoms with E-state index in [0.717, 1.165) is 25.2 Å². The SMILES string of the molecule is CN(C)C(=O)c1ccc(CN2CCn3cncc3C23CCC3)cc1. The standard InChI is InChI=1S/C19H24N4O/c1-21(2)18(24)16-6-4-15(5-7-16)13-23-11-10-22-14-20-12-17(22)19(23)8-3-9-19/h4-7,12,14H,3,8-11,13H2,1-2H3. The van der Waals surface area contributed by atoms with Crippen molar-refractivity contribution in [2.24, 2.45) is 0 Å². The maximum atomic E-state index is 12.0. The largest absolute Gasteiger partial charge is 0.345 e. The van der Waals surface area contributed by atoms with Crippen molar-refractivity contribution in [1.29, 1.82) is 0 Å². The highest BCUT2D eigenvalue weighted by Crippen LogP contribution is 2.48. The van der Waals surface area contributed by atoms with Crippen molar-refractivity contribution >= 4 is 5.91 Å². The highest BCUT2D eigenvalue weighted by atomic mass is 16.2. The predicted octanol–water partition coefficient (Wildman–Crippen LogP) is 2.48. The average Bonchev–Trinajstić information content (AvgIpc) is 3.02. The van der Waals surface area contributed by atoms with Gasteiger partial charge in [-0.3, -0.25) is 9.69 Å². The van der Waals surface area contributed by atoms with Crippen LogP contribution in [0.2, 0.25) is 0 Å². The number of hydrogen-bond acceptors (Lipinski definition) is 3. The number of imidazole rings is 1. The molecule has 1 aliphatic carbocycles. The van der Waals surface area contributed by atoms with Gasteiger partial charge in [0.1, 0.15) is 0 Å². The van der Waals surface area contributed by atoms with E-state index in [1.54, 1.807) is 19.0 Å². The van der Waals surface area contributed by atoms with Gasteiger partial charge in [0, 0.05) is 39.3 Å². The zero-order chi connectivity index (χ0) is 16.7. The van der Waals surface area contributed by atoms with Gasteiger partial charge >= 0.3 is 0 Å².